The topological polar surface area (TPSA) is 219 Å². The SMILES string of the molecule is C=CCOC[C@H]1O[C@@H](O[C@@H]2[C@H](OCC=C)[C@@H](OC(=O)C(C)(C)C)[C@H](O[C@@H]3[C@H](OCC=C)[C@@H](OC(=O)C(C)(C)C)[C@H](Oc4ccc(OC)cc4)O[C@@H]3COCC=C)O[C@@H]2COCC=C)[C@H](OC(=O)C(C)(C)C)[C@@H](OCC=C)[C@H]1O. The van der Waals surface area contributed by atoms with E-state index in [4.69, 9.17) is 75.8 Å². The minimum absolute atomic E-state index is 0.0455. The molecule has 0 aromatic heterocycles. The third-order valence-corrected chi connectivity index (χ3v) is 12.0. The normalized spacial score (nSPS) is 29.5. The smallest absolute Gasteiger partial charge is 0.311 e. The Morgan fingerprint density at radius 1 is 0.462 bits per heavy atom. The number of esters is 3. The van der Waals surface area contributed by atoms with E-state index in [0.717, 1.165) is 0 Å². The highest BCUT2D eigenvalue weighted by Gasteiger charge is 2.59. The summed E-state index contributed by atoms with van der Waals surface area (Å²) in [5.41, 5.74) is -3.17. The molecule has 1 aromatic carbocycles. The Morgan fingerprint density at radius 2 is 0.782 bits per heavy atom. The molecule has 20 heteroatoms. The summed E-state index contributed by atoms with van der Waals surface area (Å²) in [5.74, 6) is -1.08. The molecule has 438 valence electrons. The first-order chi connectivity index (χ1) is 37.0. The van der Waals surface area contributed by atoms with E-state index in [1.54, 1.807) is 92.7 Å². The van der Waals surface area contributed by atoms with Crippen LogP contribution >= 0.6 is 0 Å². The second-order valence-corrected chi connectivity index (χ2v) is 21.7. The quantitative estimate of drug-likeness (QED) is 0.0359. The molecule has 3 heterocycles. The van der Waals surface area contributed by atoms with Crippen molar-refractivity contribution in [3.05, 3.63) is 100 Å². The molecule has 0 amide bonds. The van der Waals surface area contributed by atoms with E-state index in [9.17, 15) is 19.5 Å². The molecule has 0 spiro atoms. The van der Waals surface area contributed by atoms with Crippen LogP contribution in [0.4, 0.5) is 0 Å². The molecular weight excluding hydrogens is 1020 g/mol. The van der Waals surface area contributed by atoms with Crippen LogP contribution in [0.2, 0.25) is 0 Å². The third-order valence-electron chi connectivity index (χ3n) is 12.0. The summed E-state index contributed by atoms with van der Waals surface area (Å²) in [6.45, 7) is 37.4. The number of aliphatic hydroxyl groups excluding tert-OH is 1. The van der Waals surface area contributed by atoms with E-state index >= 15 is 0 Å². The molecule has 78 heavy (non-hydrogen) atoms. The molecule has 0 saturated carbocycles. The van der Waals surface area contributed by atoms with E-state index in [1.807, 2.05) is 0 Å². The highest BCUT2D eigenvalue weighted by atomic mass is 16.8. The van der Waals surface area contributed by atoms with E-state index < -0.39 is 126 Å². The fourth-order valence-corrected chi connectivity index (χ4v) is 7.98. The van der Waals surface area contributed by atoms with E-state index in [0.29, 0.717) is 11.5 Å². The largest absolute Gasteiger partial charge is 0.497 e. The molecular formula is C58H86O20. The second kappa shape index (κ2) is 31.3. The van der Waals surface area contributed by atoms with Gasteiger partial charge in [-0.05, 0) is 86.6 Å². The summed E-state index contributed by atoms with van der Waals surface area (Å²) in [6.07, 6.45) is -11.0. The van der Waals surface area contributed by atoms with Gasteiger partial charge in [0.05, 0.1) is 82.8 Å². The molecule has 20 nitrogen and oxygen atoms in total. The van der Waals surface area contributed by atoms with Gasteiger partial charge in [-0.15, -0.1) is 39.5 Å². The van der Waals surface area contributed by atoms with Crippen LogP contribution in [0.5, 0.6) is 11.5 Å². The molecule has 0 aliphatic carbocycles. The Morgan fingerprint density at radius 3 is 1.15 bits per heavy atom. The van der Waals surface area contributed by atoms with Crippen molar-refractivity contribution in [2.75, 3.05) is 66.6 Å². The molecule has 1 aromatic rings. The summed E-state index contributed by atoms with van der Waals surface area (Å²) in [4.78, 5) is 42.2. The van der Waals surface area contributed by atoms with Crippen molar-refractivity contribution in [1.82, 2.24) is 0 Å². The summed E-state index contributed by atoms with van der Waals surface area (Å²) >= 11 is 0. The van der Waals surface area contributed by atoms with E-state index in [2.05, 4.69) is 39.5 Å². The van der Waals surface area contributed by atoms with E-state index in [1.165, 1.54) is 37.5 Å². The Balaban J connectivity index is 1.98. The fourth-order valence-electron chi connectivity index (χ4n) is 7.98. The lowest BCUT2D eigenvalue weighted by molar-refractivity contribution is -0.383. The molecule has 3 saturated heterocycles. The van der Waals surface area contributed by atoms with Crippen LogP contribution in [0.25, 0.3) is 0 Å². The van der Waals surface area contributed by atoms with Gasteiger partial charge in [0.15, 0.2) is 30.9 Å². The Hall–Kier alpha value is -4.81. The highest BCUT2D eigenvalue weighted by molar-refractivity contribution is 5.76. The van der Waals surface area contributed by atoms with Gasteiger partial charge in [-0.25, -0.2) is 0 Å². The predicted octanol–water partition coefficient (Wildman–Crippen LogP) is 6.58. The van der Waals surface area contributed by atoms with Crippen LogP contribution in [0.1, 0.15) is 62.3 Å². The van der Waals surface area contributed by atoms with Gasteiger partial charge in [-0.3, -0.25) is 14.4 Å². The van der Waals surface area contributed by atoms with Gasteiger partial charge < -0.3 is 80.9 Å². The lowest BCUT2D eigenvalue weighted by Gasteiger charge is -2.51. The number of rotatable bonds is 31. The Bertz CT molecular complexity index is 2070. The molecule has 3 aliphatic rings. The first-order valence-corrected chi connectivity index (χ1v) is 26.1. The van der Waals surface area contributed by atoms with Crippen molar-refractivity contribution in [3.8, 4) is 11.5 Å². The van der Waals surface area contributed by atoms with Crippen molar-refractivity contribution in [1.29, 1.82) is 0 Å². The van der Waals surface area contributed by atoms with Crippen LogP contribution in [-0.4, -0.2) is 182 Å². The van der Waals surface area contributed by atoms with Crippen LogP contribution < -0.4 is 9.47 Å². The third kappa shape index (κ3) is 18.9. The number of carbonyl (C=O) groups is 3. The van der Waals surface area contributed by atoms with Crippen molar-refractivity contribution in [2.24, 2.45) is 16.2 Å². The number of ether oxygens (including phenoxy) is 16. The van der Waals surface area contributed by atoms with Crippen molar-refractivity contribution in [2.45, 2.75) is 154 Å². The number of aliphatic hydroxyl groups is 1. The van der Waals surface area contributed by atoms with Gasteiger partial charge in [0.25, 0.3) is 0 Å². The maximum atomic E-state index is 14.3. The van der Waals surface area contributed by atoms with Crippen molar-refractivity contribution >= 4 is 17.9 Å². The number of benzene rings is 1. The first kappa shape index (κ1) is 65.7. The molecule has 15 atom stereocenters. The van der Waals surface area contributed by atoms with Crippen LogP contribution in [0, 0.1) is 16.2 Å². The second-order valence-electron chi connectivity index (χ2n) is 21.7. The summed E-state index contributed by atoms with van der Waals surface area (Å²) in [5, 5.41) is 11.8. The van der Waals surface area contributed by atoms with Gasteiger partial charge in [-0.2, -0.15) is 0 Å². The number of hydrogen-bond donors (Lipinski definition) is 1. The average Bonchev–Trinajstić information content (AvgIpc) is 3.39. The zero-order chi connectivity index (χ0) is 57.8. The fraction of sp³-hybridized carbons (Fsp3) is 0.638. The summed E-state index contributed by atoms with van der Waals surface area (Å²) in [7, 11) is 1.54. The number of hydrogen-bond acceptors (Lipinski definition) is 20. The van der Waals surface area contributed by atoms with E-state index in [-0.39, 0.29) is 59.5 Å². The van der Waals surface area contributed by atoms with Gasteiger partial charge >= 0.3 is 17.9 Å². The van der Waals surface area contributed by atoms with Gasteiger partial charge in [0.1, 0.15) is 66.4 Å². The van der Waals surface area contributed by atoms with Gasteiger partial charge in [-0.1, -0.05) is 36.5 Å². The molecule has 4 rings (SSSR count). The molecule has 3 aliphatic heterocycles. The average molecular weight is 1100 g/mol. The van der Waals surface area contributed by atoms with Crippen LogP contribution in [-0.2, 0) is 80.7 Å². The lowest BCUT2D eigenvalue weighted by atomic mass is 9.93. The standard InChI is InChI=1S/C58H86O20/c1-17-27-64-33-38-41(59)44(67-30-20-4)47(76-53(60)56(7,8)9)51(71-38)74-43-40(35-66-29-19-3)73-52(49(46(43)69-32-22-6)78-55(62)58(13,14)15)75-42-39(34-65-28-18-2)72-50(70-37-25-23-36(63-16)24-26-37)48(45(42)68-31-21-5)77-54(61)57(10,11)12/h17-26,38-52,59H,1-6,27-35H2,7-16H3/t38-,39-,40-,41+,42+,43+,44+,45+,46+,47-,48-,49-,50-,51+,52+/m1/s1. The Kier molecular flexibility index (Phi) is 26.3. The van der Waals surface area contributed by atoms with Crippen LogP contribution in [0.3, 0.4) is 0 Å². The Labute approximate surface area is 460 Å². The summed E-state index contributed by atoms with van der Waals surface area (Å²) < 4.78 is 102. The van der Waals surface area contributed by atoms with Crippen LogP contribution in [0.15, 0.2) is 100 Å². The molecule has 0 radical (unpaired) electrons. The molecule has 0 bridgehead atoms. The predicted molar refractivity (Wildman–Crippen MR) is 286 cm³/mol. The highest BCUT2D eigenvalue weighted by Crippen LogP contribution is 2.39. The monoisotopic (exact) mass is 1100 g/mol. The maximum absolute atomic E-state index is 14.3. The van der Waals surface area contributed by atoms with Crippen molar-refractivity contribution in [3.63, 3.8) is 0 Å². The van der Waals surface area contributed by atoms with Crippen molar-refractivity contribution < 1.29 is 95.3 Å². The zero-order valence-corrected chi connectivity index (χ0v) is 47.2. The number of methoxy groups -OCH3 is 1. The summed E-state index contributed by atoms with van der Waals surface area (Å²) in [6, 6.07) is 6.72. The minimum Gasteiger partial charge on any atom is -0.497 e. The van der Waals surface area contributed by atoms with Gasteiger partial charge in [0, 0.05) is 0 Å². The molecule has 3 fully saturated rings. The maximum Gasteiger partial charge on any atom is 0.311 e. The first-order valence-electron chi connectivity index (χ1n) is 26.1. The lowest BCUT2D eigenvalue weighted by Crippen LogP contribution is -2.69. The van der Waals surface area contributed by atoms with Gasteiger partial charge in [0.2, 0.25) is 6.29 Å². The number of carbonyl (C=O) groups excluding carboxylic acids is 3. The molecule has 1 N–H and O–H groups in total. The minimum atomic E-state index is -1.60. The zero-order valence-electron chi connectivity index (χ0n) is 47.2. The molecule has 0 unspecified atom stereocenters.